The molecule has 0 aromatic rings. The summed E-state index contributed by atoms with van der Waals surface area (Å²) in [6, 6.07) is -0.803. The van der Waals surface area contributed by atoms with Crippen LogP contribution in [0.3, 0.4) is 0 Å². The summed E-state index contributed by atoms with van der Waals surface area (Å²) in [5, 5.41) is 9.08. The number of carbonyl (C=O) groups is 3. The number of fused-ring (bicyclic) bond motifs is 1. The van der Waals surface area contributed by atoms with Gasteiger partial charge in [0.1, 0.15) is 11.6 Å². The van der Waals surface area contributed by atoms with Crippen LogP contribution >= 0.6 is 15.9 Å². The van der Waals surface area contributed by atoms with Gasteiger partial charge in [-0.15, -0.1) is 6.58 Å². The number of rotatable bonds is 14. The predicted molar refractivity (Wildman–Crippen MR) is 136 cm³/mol. The first-order valence-electron chi connectivity index (χ1n) is 13.1. The van der Waals surface area contributed by atoms with Crippen molar-refractivity contribution in [1.29, 1.82) is 0 Å². The van der Waals surface area contributed by atoms with Crippen LogP contribution in [-0.2, 0) is 23.9 Å². The molecule has 4 unspecified atom stereocenters. The zero-order valence-corrected chi connectivity index (χ0v) is 22.9. The van der Waals surface area contributed by atoms with Gasteiger partial charge in [0.25, 0.3) is 0 Å². The maximum absolute atomic E-state index is 14.2. The van der Waals surface area contributed by atoms with Gasteiger partial charge in [-0.2, -0.15) is 0 Å². The third-order valence-corrected chi connectivity index (χ3v) is 8.58. The second-order valence-electron chi connectivity index (χ2n) is 10.0. The third-order valence-electron chi connectivity index (χ3n) is 7.74. The Labute approximate surface area is 217 Å². The van der Waals surface area contributed by atoms with Crippen molar-refractivity contribution in [1.82, 2.24) is 9.80 Å². The number of hydrogen-bond donors (Lipinski definition) is 1. The minimum Gasteiger partial charge on any atom is -0.466 e. The van der Waals surface area contributed by atoms with E-state index in [9.17, 15) is 14.4 Å². The number of alkyl halides is 1. The number of likely N-dealkylation sites (tertiary alicyclic amines) is 1. The van der Waals surface area contributed by atoms with Crippen molar-refractivity contribution in [3.63, 3.8) is 0 Å². The van der Waals surface area contributed by atoms with Crippen LogP contribution < -0.4 is 0 Å². The fourth-order valence-corrected chi connectivity index (χ4v) is 7.20. The quantitative estimate of drug-likeness (QED) is 0.153. The van der Waals surface area contributed by atoms with E-state index in [0.717, 1.165) is 32.1 Å². The van der Waals surface area contributed by atoms with E-state index in [1.807, 2.05) is 11.8 Å². The summed E-state index contributed by atoms with van der Waals surface area (Å²) in [6.07, 6.45) is 6.62. The molecule has 0 saturated carbocycles. The third kappa shape index (κ3) is 5.18. The Morgan fingerprint density at radius 3 is 2.69 bits per heavy atom. The molecule has 198 valence electrons. The summed E-state index contributed by atoms with van der Waals surface area (Å²) in [7, 11) is 0. The van der Waals surface area contributed by atoms with Crippen molar-refractivity contribution in [2.75, 3.05) is 26.3 Å². The highest BCUT2D eigenvalue weighted by molar-refractivity contribution is 9.09. The van der Waals surface area contributed by atoms with E-state index in [0.29, 0.717) is 25.9 Å². The lowest BCUT2D eigenvalue weighted by Gasteiger charge is -2.39. The van der Waals surface area contributed by atoms with Gasteiger partial charge >= 0.3 is 5.97 Å². The highest BCUT2D eigenvalue weighted by Crippen LogP contribution is 2.60. The van der Waals surface area contributed by atoms with Crippen molar-refractivity contribution >= 4 is 33.7 Å². The Hall–Kier alpha value is -1.45. The first-order valence-corrected chi connectivity index (χ1v) is 14.0. The van der Waals surface area contributed by atoms with Crippen LogP contribution in [0.15, 0.2) is 12.7 Å². The Kier molecular flexibility index (Phi) is 9.80. The summed E-state index contributed by atoms with van der Waals surface area (Å²) in [4.78, 5) is 44.4. The van der Waals surface area contributed by atoms with Gasteiger partial charge in [0.2, 0.25) is 11.8 Å². The van der Waals surface area contributed by atoms with E-state index in [1.54, 1.807) is 17.9 Å². The standard InChI is InChI=1S/C26H41BrN2O6/c1-5-12-17(4)28(13-6-2)24(32)22-26-16-18(27)21(35-26)19(25(33)34-7-3)20(26)23(31)29(22)14-10-8-9-11-15-30/h6,17-22,30H,2,5,7-16H2,1,3-4H3/t17?,18?,19-,20+,21-,22?,26?/m1/s1. The van der Waals surface area contributed by atoms with E-state index in [2.05, 4.69) is 29.4 Å². The molecule has 0 radical (unpaired) electrons. The van der Waals surface area contributed by atoms with Crippen molar-refractivity contribution in [2.24, 2.45) is 11.8 Å². The lowest BCUT2D eigenvalue weighted by molar-refractivity contribution is -0.155. The van der Waals surface area contributed by atoms with E-state index < -0.39 is 35.6 Å². The topological polar surface area (TPSA) is 96.4 Å². The minimum atomic E-state index is -1.05. The van der Waals surface area contributed by atoms with Gasteiger partial charge in [-0.1, -0.05) is 48.2 Å². The van der Waals surface area contributed by atoms with Gasteiger partial charge in [-0.25, -0.2) is 0 Å². The van der Waals surface area contributed by atoms with Gasteiger partial charge in [0.05, 0.1) is 24.5 Å². The highest BCUT2D eigenvalue weighted by Gasteiger charge is 2.77. The molecule has 0 aromatic carbocycles. The number of esters is 1. The Morgan fingerprint density at radius 2 is 2.06 bits per heavy atom. The van der Waals surface area contributed by atoms with E-state index in [1.165, 1.54) is 0 Å². The summed E-state index contributed by atoms with van der Waals surface area (Å²) < 4.78 is 11.9. The molecular formula is C26H41BrN2O6. The van der Waals surface area contributed by atoms with Gasteiger partial charge in [-0.05, 0) is 39.5 Å². The molecule has 35 heavy (non-hydrogen) atoms. The van der Waals surface area contributed by atoms with Gasteiger partial charge in [-0.3, -0.25) is 14.4 Å². The summed E-state index contributed by atoms with van der Waals surface area (Å²) in [5.41, 5.74) is -1.05. The number of aliphatic hydroxyl groups excluding tert-OH is 1. The van der Waals surface area contributed by atoms with E-state index in [4.69, 9.17) is 14.6 Å². The summed E-state index contributed by atoms with van der Waals surface area (Å²) in [5.74, 6) is -2.20. The Balaban J connectivity index is 1.98. The molecule has 1 N–H and O–H groups in total. The molecular weight excluding hydrogens is 516 g/mol. The first-order chi connectivity index (χ1) is 16.8. The molecule has 2 bridgehead atoms. The lowest BCUT2D eigenvalue weighted by atomic mass is 9.70. The zero-order valence-electron chi connectivity index (χ0n) is 21.3. The molecule has 3 aliphatic heterocycles. The van der Waals surface area contributed by atoms with Crippen LogP contribution in [0.5, 0.6) is 0 Å². The van der Waals surface area contributed by atoms with Crippen molar-refractivity contribution in [3.05, 3.63) is 12.7 Å². The molecule has 7 atom stereocenters. The van der Waals surface area contributed by atoms with Gasteiger partial charge in [0.15, 0.2) is 0 Å². The molecule has 0 aliphatic carbocycles. The predicted octanol–water partition coefficient (Wildman–Crippen LogP) is 3.05. The number of aliphatic hydroxyl groups is 1. The number of ether oxygens (including phenoxy) is 2. The maximum Gasteiger partial charge on any atom is 0.312 e. The molecule has 3 rings (SSSR count). The largest absolute Gasteiger partial charge is 0.466 e. The molecule has 3 aliphatic rings. The molecule has 1 spiro atoms. The Bertz CT molecular complexity index is 794. The van der Waals surface area contributed by atoms with E-state index >= 15 is 0 Å². The average molecular weight is 558 g/mol. The minimum absolute atomic E-state index is 0.0123. The number of halogens is 1. The number of nitrogens with zero attached hydrogens (tertiary/aromatic N) is 2. The first kappa shape index (κ1) is 28.1. The molecule has 2 amide bonds. The van der Waals surface area contributed by atoms with E-state index in [-0.39, 0.29) is 35.9 Å². The SMILES string of the molecule is C=CCN(C(=O)C1N(CCCCCCO)C(=O)[C@@H]2[C@@H](C(=O)OCC)[C@@H]3OC12CC3Br)C(C)CCC. The van der Waals surface area contributed by atoms with Crippen molar-refractivity contribution in [3.8, 4) is 0 Å². The number of unbranched alkanes of at least 4 members (excludes halogenated alkanes) is 3. The Morgan fingerprint density at radius 1 is 1.34 bits per heavy atom. The smallest absolute Gasteiger partial charge is 0.312 e. The van der Waals surface area contributed by atoms with Gasteiger partial charge in [0, 0.05) is 30.6 Å². The van der Waals surface area contributed by atoms with Crippen LogP contribution in [0.2, 0.25) is 0 Å². The number of hydrogen-bond acceptors (Lipinski definition) is 6. The fourth-order valence-electron chi connectivity index (χ4n) is 6.26. The lowest BCUT2D eigenvalue weighted by Crippen LogP contribution is -2.58. The van der Waals surface area contributed by atoms with Crippen LogP contribution in [0.25, 0.3) is 0 Å². The highest BCUT2D eigenvalue weighted by atomic mass is 79.9. The van der Waals surface area contributed by atoms with Crippen LogP contribution in [0.4, 0.5) is 0 Å². The van der Waals surface area contributed by atoms with Crippen molar-refractivity contribution in [2.45, 2.75) is 94.3 Å². The van der Waals surface area contributed by atoms with Crippen LogP contribution in [-0.4, -0.2) is 87.6 Å². The monoisotopic (exact) mass is 556 g/mol. The molecule has 3 saturated heterocycles. The van der Waals surface area contributed by atoms with Gasteiger partial charge < -0.3 is 24.4 Å². The second kappa shape index (κ2) is 12.2. The normalized spacial score (nSPS) is 32.0. The summed E-state index contributed by atoms with van der Waals surface area (Å²) in [6.45, 7) is 10.9. The van der Waals surface area contributed by atoms with Crippen LogP contribution in [0, 0.1) is 11.8 Å². The molecule has 8 nitrogen and oxygen atoms in total. The molecule has 3 heterocycles. The molecule has 0 aromatic heterocycles. The average Bonchev–Trinajstić information content (AvgIpc) is 3.41. The summed E-state index contributed by atoms with van der Waals surface area (Å²) >= 11 is 3.68. The fraction of sp³-hybridized carbons (Fsp3) is 0.808. The van der Waals surface area contributed by atoms with Crippen molar-refractivity contribution < 1.29 is 29.0 Å². The maximum atomic E-state index is 14.2. The zero-order chi connectivity index (χ0) is 25.8. The second-order valence-corrected chi connectivity index (χ2v) is 11.2. The number of carbonyl (C=O) groups excluding carboxylic acids is 3. The molecule has 9 heteroatoms. The number of amides is 2. The molecule has 3 fully saturated rings. The van der Waals surface area contributed by atoms with Crippen LogP contribution in [0.1, 0.15) is 65.7 Å².